The number of fused-ring (bicyclic) bond motifs is 1. The summed E-state index contributed by atoms with van der Waals surface area (Å²) in [6.45, 7) is 4.16. The van der Waals surface area contributed by atoms with Crippen LogP contribution in [0.4, 0.5) is 4.39 Å². The number of hydrogen-bond acceptors (Lipinski definition) is 5. The van der Waals surface area contributed by atoms with Crippen molar-refractivity contribution in [1.82, 2.24) is 9.55 Å². The Labute approximate surface area is 154 Å². The average molecular weight is 376 g/mol. The first kappa shape index (κ1) is 16.9. The first-order valence-corrected chi connectivity index (χ1v) is 9.36. The van der Waals surface area contributed by atoms with Gasteiger partial charge in [0.2, 0.25) is 5.82 Å². The number of rotatable bonds is 2. The number of allylic oxidation sites excluding steroid dienone is 1. The number of halogens is 1. The van der Waals surface area contributed by atoms with E-state index in [1.54, 1.807) is 0 Å². The van der Waals surface area contributed by atoms with Crippen LogP contribution in [0.5, 0.6) is 0 Å². The predicted molar refractivity (Wildman–Crippen MR) is 91.5 cm³/mol. The Hall–Kier alpha value is -2.22. The van der Waals surface area contributed by atoms with Crippen molar-refractivity contribution in [1.29, 1.82) is 0 Å². The lowest BCUT2D eigenvalue weighted by molar-refractivity contribution is -0.146. The third-order valence-corrected chi connectivity index (χ3v) is 7.01. The van der Waals surface area contributed by atoms with Crippen molar-refractivity contribution < 1.29 is 18.7 Å². The highest BCUT2D eigenvalue weighted by molar-refractivity contribution is 5.76. The Balaban J connectivity index is 1.51. The van der Waals surface area contributed by atoms with Crippen LogP contribution >= 0.6 is 0 Å². The Bertz CT molecular complexity index is 1010. The van der Waals surface area contributed by atoms with E-state index < -0.39 is 28.6 Å². The van der Waals surface area contributed by atoms with Gasteiger partial charge in [0.1, 0.15) is 11.7 Å². The molecule has 1 N–H and O–H groups in total. The summed E-state index contributed by atoms with van der Waals surface area (Å²) < 4.78 is 26.7. The highest BCUT2D eigenvalue weighted by atomic mass is 19.1. The number of nitrogens with one attached hydrogen (secondary N) is 1. The van der Waals surface area contributed by atoms with Crippen molar-refractivity contribution in [2.75, 3.05) is 0 Å². The van der Waals surface area contributed by atoms with Crippen LogP contribution in [0.2, 0.25) is 0 Å². The van der Waals surface area contributed by atoms with Gasteiger partial charge in [0.15, 0.2) is 5.60 Å². The number of carbonyl (C=O) groups is 1. The number of hydrogen-bond donors (Lipinski definition) is 1. The van der Waals surface area contributed by atoms with E-state index in [0.717, 1.165) is 36.4 Å². The quantitative estimate of drug-likeness (QED) is 0.477. The van der Waals surface area contributed by atoms with Gasteiger partial charge < -0.3 is 9.47 Å². The van der Waals surface area contributed by atoms with Crippen LogP contribution in [0.3, 0.4) is 0 Å². The molecule has 1 saturated carbocycles. The lowest BCUT2D eigenvalue weighted by Gasteiger charge is -2.24. The van der Waals surface area contributed by atoms with Gasteiger partial charge in [0.05, 0.1) is 12.1 Å². The molecule has 4 aliphatic rings. The maximum atomic E-state index is 13.6. The van der Waals surface area contributed by atoms with Gasteiger partial charge in [-0.1, -0.05) is 5.57 Å². The Morgan fingerprint density at radius 3 is 2.85 bits per heavy atom. The van der Waals surface area contributed by atoms with E-state index in [9.17, 15) is 18.8 Å². The lowest BCUT2D eigenvalue weighted by Crippen LogP contribution is -2.40. The maximum absolute atomic E-state index is 13.6. The third kappa shape index (κ3) is 2.07. The molecule has 0 amide bonds. The minimum atomic E-state index is -1.06. The molecule has 5 atom stereocenters. The second kappa shape index (κ2) is 5.19. The van der Waals surface area contributed by atoms with Gasteiger partial charge in [-0.05, 0) is 45.1 Å². The third-order valence-electron chi connectivity index (χ3n) is 7.01. The van der Waals surface area contributed by atoms with Crippen LogP contribution in [0.25, 0.3) is 0 Å². The number of ether oxygens (including phenoxy) is 2. The summed E-state index contributed by atoms with van der Waals surface area (Å²) in [6, 6.07) is 0. The minimum absolute atomic E-state index is 0.0201. The molecular formula is C19H21FN2O5. The number of H-pyrrole nitrogens is 1. The molecule has 27 heavy (non-hydrogen) atoms. The summed E-state index contributed by atoms with van der Waals surface area (Å²) >= 11 is 0. The summed E-state index contributed by atoms with van der Waals surface area (Å²) in [5.41, 5.74) is -0.0654. The fourth-order valence-corrected chi connectivity index (χ4v) is 5.55. The molecule has 1 aromatic rings. The fraction of sp³-hybridized carbons (Fsp3) is 0.632. The van der Waals surface area contributed by atoms with Crippen LogP contribution in [-0.4, -0.2) is 32.8 Å². The van der Waals surface area contributed by atoms with Gasteiger partial charge in [-0.15, -0.1) is 0 Å². The van der Waals surface area contributed by atoms with E-state index in [4.69, 9.17) is 9.47 Å². The highest BCUT2D eigenvalue weighted by Gasteiger charge is 2.79. The zero-order valence-electron chi connectivity index (χ0n) is 15.2. The predicted octanol–water partition coefficient (Wildman–Crippen LogP) is 1.27. The van der Waals surface area contributed by atoms with Gasteiger partial charge in [0.25, 0.3) is 5.56 Å². The molecule has 3 fully saturated rings. The molecule has 2 aliphatic heterocycles. The molecule has 3 heterocycles. The molecule has 144 valence electrons. The Kier molecular flexibility index (Phi) is 3.25. The molecule has 8 heteroatoms. The Morgan fingerprint density at radius 1 is 1.33 bits per heavy atom. The number of aromatic nitrogens is 2. The largest absolute Gasteiger partial charge is 0.458 e. The van der Waals surface area contributed by atoms with E-state index in [1.165, 1.54) is 11.1 Å². The number of aromatic amines is 1. The van der Waals surface area contributed by atoms with Gasteiger partial charge in [-0.25, -0.2) is 4.79 Å². The molecule has 5 rings (SSSR count). The first-order valence-electron chi connectivity index (χ1n) is 9.36. The zero-order chi connectivity index (χ0) is 19.1. The summed E-state index contributed by atoms with van der Waals surface area (Å²) in [5.74, 6) is -2.13. The number of carbonyl (C=O) groups excluding carboxylic acids is 1. The molecule has 7 nitrogen and oxygen atoms in total. The SMILES string of the molecule is CC1=C2CC[C@]3(C)O[C@]23[C@H]2OC(=O)[C@@H](Cn3cc(F)c(=O)[nH]c3=O)[C@@H]2CC1. The monoisotopic (exact) mass is 376 g/mol. The van der Waals surface area contributed by atoms with Crippen molar-refractivity contribution in [3.05, 3.63) is 44.0 Å². The topological polar surface area (TPSA) is 93.7 Å². The average Bonchev–Trinajstić information content (AvgIpc) is 2.99. The van der Waals surface area contributed by atoms with Crippen LogP contribution in [-0.2, 0) is 20.8 Å². The summed E-state index contributed by atoms with van der Waals surface area (Å²) in [5, 5.41) is 0. The summed E-state index contributed by atoms with van der Waals surface area (Å²) in [7, 11) is 0. The van der Waals surface area contributed by atoms with Gasteiger partial charge in [-0.2, -0.15) is 4.39 Å². The van der Waals surface area contributed by atoms with Gasteiger partial charge in [-0.3, -0.25) is 19.1 Å². The number of esters is 1. The van der Waals surface area contributed by atoms with E-state index in [0.29, 0.717) is 0 Å². The molecule has 2 saturated heterocycles. The second-order valence-corrected chi connectivity index (χ2v) is 8.38. The fourth-order valence-electron chi connectivity index (χ4n) is 5.55. The van der Waals surface area contributed by atoms with Crippen LogP contribution in [0.1, 0.15) is 39.5 Å². The second-order valence-electron chi connectivity index (χ2n) is 8.38. The van der Waals surface area contributed by atoms with Crippen molar-refractivity contribution >= 4 is 5.97 Å². The molecule has 0 bridgehead atoms. The van der Waals surface area contributed by atoms with Crippen molar-refractivity contribution in [2.45, 2.75) is 63.4 Å². The van der Waals surface area contributed by atoms with Gasteiger partial charge in [0, 0.05) is 12.5 Å². The van der Waals surface area contributed by atoms with Crippen LogP contribution < -0.4 is 11.2 Å². The first-order chi connectivity index (χ1) is 12.8. The molecule has 0 radical (unpaired) electrons. The van der Waals surface area contributed by atoms with E-state index in [2.05, 4.69) is 13.8 Å². The standard InChI is InChI=1S/C19H21FN2O5/c1-9-3-4-10-11(7-22-8-13(20)15(23)21-17(22)25)16(24)26-14(10)19-12(9)5-6-18(19,2)27-19/h8,10-11,14H,3-7H2,1-2H3,(H,21,23,25)/t10-,11-,14-,18-,19-/m0/s1. The minimum Gasteiger partial charge on any atom is -0.458 e. The van der Waals surface area contributed by atoms with Crippen LogP contribution in [0.15, 0.2) is 26.9 Å². The van der Waals surface area contributed by atoms with Gasteiger partial charge >= 0.3 is 11.7 Å². The molecule has 0 aromatic carbocycles. The normalized spacial score (nSPS) is 39.5. The molecule has 1 aromatic heterocycles. The lowest BCUT2D eigenvalue weighted by atomic mass is 9.79. The molecule has 1 spiro atoms. The van der Waals surface area contributed by atoms with E-state index in [1.807, 2.05) is 4.98 Å². The molecule has 2 aliphatic carbocycles. The van der Waals surface area contributed by atoms with E-state index >= 15 is 0 Å². The summed E-state index contributed by atoms with van der Waals surface area (Å²) in [6.07, 6.45) is 3.95. The van der Waals surface area contributed by atoms with Crippen molar-refractivity contribution in [3.8, 4) is 0 Å². The van der Waals surface area contributed by atoms with Crippen molar-refractivity contribution in [3.63, 3.8) is 0 Å². The molecular weight excluding hydrogens is 355 g/mol. The van der Waals surface area contributed by atoms with Crippen molar-refractivity contribution in [2.24, 2.45) is 11.8 Å². The summed E-state index contributed by atoms with van der Waals surface area (Å²) in [4.78, 5) is 37.9. The smallest absolute Gasteiger partial charge is 0.328 e. The maximum Gasteiger partial charge on any atom is 0.328 e. The number of nitrogens with zero attached hydrogens (tertiary/aromatic N) is 1. The molecule has 0 unspecified atom stereocenters. The van der Waals surface area contributed by atoms with Crippen LogP contribution in [0, 0.1) is 17.7 Å². The number of epoxide rings is 1. The zero-order valence-corrected chi connectivity index (χ0v) is 15.2. The van der Waals surface area contributed by atoms with E-state index in [-0.39, 0.29) is 30.1 Å². The highest BCUT2D eigenvalue weighted by Crippen LogP contribution is 2.68. The Morgan fingerprint density at radius 2 is 2.11 bits per heavy atom.